The molecule has 0 bridgehead atoms. The van der Waals surface area contributed by atoms with Crippen molar-refractivity contribution in [3.05, 3.63) is 142 Å². The number of nitrogen functional groups attached to an aromatic ring is 1. The third kappa shape index (κ3) is 17.5. The molecule has 0 unspecified atom stereocenters. The monoisotopic (exact) mass is 737 g/mol. The molecule has 0 atom stereocenters. The van der Waals surface area contributed by atoms with Crippen LogP contribution in [0.4, 0.5) is 16.2 Å². The molecule has 5 aromatic carbocycles. The fourth-order valence-corrected chi connectivity index (χ4v) is 3.49. The zero-order valence-electron chi connectivity index (χ0n) is 25.1. The molecule has 9 nitrogen and oxygen atoms in total. The van der Waals surface area contributed by atoms with Gasteiger partial charge in [-0.2, -0.15) is 36.4 Å². The molecule has 0 amide bonds. The van der Waals surface area contributed by atoms with E-state index in [0.717, 1.165) is 16.2 Å². The first kappa shape index (κ1) is 44.2. The number of fused-ring (bicyclic) bond motifs is 2. The van der Waals surface area contributed by atoms with Crippen LogP contribution in [0.2, 0.25) is 5.02 Å². The van der Waals surface area contributed by atoms with Crippen molar-refractivity contribution in [2.45, 2.75) is 6.92 Å². The minimum atomic E-state index is -0.738. The summed E-state index contributed by atoms with van der Waals surface area (Å²) < 4.78 is 8.31. The number of nitro benzene ring substituents is 1. The second-order valence-electron chi connectivity index (χ2n) is 8.08. The molecule has 0 saturated heterocycles. The zero-order chi connectivity index (χ0) is 32.7. The van der Waals surface area contributed by atoms with E-state index in [2.05, 4.69) is 20.4 Å². The van der Waals surface area contributed by atoms with Gasteiger partial charge >= 0.3 is 41.0 Å². The van der Waals surface area contributed by atoms with Gasteiger partial charge < -0.3 is 37.0 Å². The van der Waals surface area contributed by atoms with Gasteiger partial charge in [-0.3, -0.25) is 10.1 Å². The number of carbonyl (C=O) groups excluding carboxylic acids is 2. The van der Waals surface area contributed by atoms with Crippen LogP contribution in [0, 0.1) is 22.8 Å². The maximum Gasteiger partial charge on any atom is 2.00 e. The van der Waals surface area contributed by atoms with Gasteiger partial charge in [0.15, 0.2) is 0 Å². The van der Waals surface area contributed by atoms with Gasteiger partial charge in [0.05, 0.1) is 34.7 Å². The summed E-state index contributed by atoms with van der Waals surface area (Å²) in [5, 5.41) is 15.0. The molecule has 0 saturated carbocycles. The number of halogens is 3. The fraction of sp³-hybridized carbons (Fsp3) is 0.121. The molecule has 236 valence electrons. The Morgan fingerprint density at radius 1 is 0.913 bits per heavy atom. The Kier molecular flexibility index (Phi) is 25.3. The number of hydrogen-bond acceptors (Lipinski definition) is 7. The summed E-state index contributed by atoms with van der Waals surface area (Å²) in [4.78, 5) is 32.6. The van der Waals surface area contributed by atoms with E-state index >= 15 is 0 Å². The molecule has 0 spiro atoms. The average molecular weight is 740 g/mol. The minimum Gasteiger partial charge on any atom is -1.00 e. The first-order chi connectivity index (χ1) is 21.2. The van der Waals surface area contributed by atoms with Gasteiger partial charge in [-0.05, 0) is 29.8 Å². The summed E-state index contributed by atoms with van der Waals surface area (Å²) in [5.41, 5.74) is 5.87. The number of hydrogen-bond donors (Lipinski definition) is 1. The molecule has 5 aromatic rings. The molecule has 13 heteroatoms. The van der Waals surface area contributed by atoms with Crippen molar-refractivity contribution in [2.75, 3.05) is 26.0 Å². The van der Waals surface area contributed by atoms with Crippen LogP contribution in [0.3, 0.4) is 0 Å². The first-order valence-electron chi connectivity index (χ1n) is 12.8. The Bertz CT molecular complexity index is 1640. The van der Waals surface area contributed by atoms with Crippen molar-refractivity contribution < 1.29 is 41.0 Å². The van der Waals surface area contributed by atoms with E-state index in [1.807, 2.05) is 84.9 Å². The van der Waals surface area contributed by atoms with E-state index in [1.54, 1.807) is 25.1 Å². The molecule has 0 heterocycles. The summed E-state index contributed by atoms with van der Waals surface area (Å²) in [6.07, 6.45) is 0. The number of ether oxygens (including phenoxy) is 2. The third-order valence-corrected chi connectivity index (χ3v) is 5.62. The van der Waals surface area contributed by atoms with Crippen molar-refractivity contribution in [1.29, 1.82) is 0 Å². The van der Waals surface area contributed by atoms with Gasteiger partial charge in [-0.15, -0.1) is 0 Å². The number of carbonyl (C=O) groups is 2. The predicted octanol–water partition coefficient (Wildman–Crippen LogP) is 5.39. The number of anilines is 1. The van der Waals surface area contributed by atoms with E-state index < -0.39 is 11.4 Å². The Morgan fingerprint density at radius 2 is 1.46 bits per heavy atom. The number of rotatable bonds is 3. The van der Waals surface area contributed by atoms with Crippen molar-refractivity contribution in [3.63, 3.8) is 0 Å². The molecular weight excluding hydrogens is 709 g/mol. The minimum absolute atomic E-state index is 0. The quantitative estimate of drug-likeness (QED) is 0.0500. The molecule has 0 aliphatic rings. The summed E-state index contributed by atoms with van der Waals surface area (Å²) in [6, 6.07) is 36.6. The molecule has 0 aromatic heterocycles. The van der Waals surface area contributed by atoms with E-state index in [4.69, 9.17) is 35.5 Å². The number of esters is 1. The Labute approximate surface area is 304 Å². The Morgan fingerprint density at radius 3 is 1.87 bits per heavy atom. The summed E-state index contributed by atoms with van der Waals surface area (Å²) in [7, 11) is 1.26. The van der Waals surface area contributed by atoms with E-state index in [1.165, 1.54) is 13.2 Å². The second kappa shape index (κ2) is 26.3. The number of nitrogens with zero attached hydrogens (tertiary/aromatic N) is 2. The van der Waals surface area contributed by atoms with Gasteiger partial charge in [-0.25, -0.2) is 16.2 Å². The van der Waals surface area contributed by atoms with Gasteiger partial charge in [0.25, 0.3) is 5.69 Å². The summed E-state index contributed by atoms with van der Waals surface area (Å²) >= 11 is 10.6. The summed E-state index contributed by atoms with van der Waals surface area (Å²) in [6.45, 7) is 8.03. The van der Waals surface area contributed by atoms with Crippen LogP contribution in [-0.2, 0) is 14.3 Å². The van der Waals surface area contributed by atoms with Crippen LogP contribution in [-0.4, -0.2) is 59.6 Å². The predicted molar refractivity (Wildman–Crippen MR) is 181 cm³/mol. The van der Waals surface area contributed by atoms with E-state index in [-0.39, 0.29) is 57.2 Å². The van der Waals surface area contributed by atoms with Crippen LogP contribution in [0.15, 0.2) is 109 Å². The van der Waals surface area contributed by atoms with E-state index in [9.17, 15) is 19.7 Å². The van der Waals surface area contributed by atoms with Crippen molar-refractivity contribution in [2.24, 2.45) is 0 Å². The van der Waals surface area contributed by atoms with Crippen LogP contribution in [0.25, 0.3) is 26.4 Å². The summed E-state index contributed by atoms with van der Waals surface area (Å²) in [5.74, 6) is -0.477. The normalized spacial score (nSPS) is 8.67. The number of nitrogens with two attached hydrogens (primary N) is 1. The van der Waals surface area contributed by atoms with Gasteiger partial charge in [0, 0.05) is 23.1 Å². The molecule has 2 N–H and O–H groups in total. The topological polar surface area (TPSA) is 126 Å². The van der Waals surface area contributed by atoms with Gasteiger partial charge in [0.2, 0.25) is 0 Å². The number of non-ortho nitro benzene ring substituents is 1. The van der Waals surface area contributed by atoms with Crippen LogP contribution >= 0.6 is 23.2 Å². The SMILES string of the molecule is CCOC(=O)Cl.Nc1c(Cl)ccc2ccccc12.O=[N+]([O-])c1cccc2ccccc12.[Br-].[C-]#[N+]CC(=O)OC.[Mg+2].[c-]1ccccc1. The number of nitro groups is 1. The molecule has 0 radical (unpaired) electrons. The van der Waals surface area contributed by atoms with Crippen LogP contribution < -0.4 is 22.7 Å². The largest absolute Gasteiger partial charge is 2.00 e. The average Bonchev–Trinajstić information content (AvgIpc) is 3.04. The Balaban J connectivity index is 0. The van der Waals surface area contributed by atoms with Crippen molar-refractivity contribution in [3.8, 4) is 0 Å². The standard InChI is InChI=1S/C10H8ClN.C10H7NO2.C6H5.C4H5NO2.C3H5ClO2.BrH.Mg/c11-9-6-5-7-3-1-2-4-8(7)10(9)12;12-11(13)10-7-3-5-8-4-1-2-6-9(8)10;1-2-4-6-5-3-1;1-5-3-4(6)7-2;1-2-6-3(4)5;;/h1-6H,12H2;1-7H;1-5H;3H2,2H3;2H2,1H3;1H;/q;;-1;;;;+2/p-1. The number of benzene rings is 5. The van der Waals surface area contributed by atoms with Crippen molar-refractivity contribution in [1.82, 2.24) is 0 Å². The molecule has 0 fully saturated rings. The molecule has 0 aliphatic carbocycles. The van der Waals surface area contributed by atoms with Gasteiger partial charge in [0.1, 0.15) is 0 Å². The first-order valence-corrected chi connectivity index (χ1v) is 13.6. The second-order valence-corrected chi connectivity index (χ2v) is 8.79. The number of methoxy groups -OCH3 is 1. The Hall–Kier alpha value is -3.92. The maximum atomic E-state index is 10.6. The smallest absolute Gasteiger partial charge is 1.00 e. The fourth-order valence-electron chi connectivity index (χ4n) is 3.22. The van der Waals surface area contributed by atoms with Crippen LogP contribution in [0.5, 0.6) is 0 Å². The molecule has 46 heavy (non-hydrogen) atoms. The molecule has 0 aliphatic heterocycles. The van der Waals surface area contributed by atoms with Crippen LogP contribution in [0.1, 0.15) is 6.92 Å². The van der Waals surface area contributed by atoms with Gasteiger partial charge in [-0.1, -0.05) is 72.3 Å². The molecule has 5 rings (SSSR count). The molecular formula is C33H30BrCl2MgN3O6. The van der Waals surface area contributed by atoms with E-state index in [0.29, 0.717) is 22.7 Å². The third-order valence-electron chi connectivity index (χ3n) is 5.18. The van der Waals surface area contributed by atoms with Crippen molar-refractivity contribution >= 4 is 90.6 Å². The maximum absolute atomic E-state index is 10.6. The zero-order valence-corrected chi connectivity index (χ0v) is 29.6.